The summed E-state index contributed by atoms with van der Waals surface area (Å²) >= 11 is 1.60. The number of thiazole rings is 1. The molecule has 1 heterocycles. The van der Waals surface area contributed by atoms with Crippen LogP contribution in [0.2, 0.25) is 0 Å². The molecule has 1 aromatic rings. The van der Waals surface area contributed by atoms with Gasteiger partial charge in [0.1, 0.15) is 6.61 Å². The molecule has 1 aromatic heterocycles. The van der Waals surface area contributed by atoms with E-state index in [0.29, 0.717) is 13.0 Å². The highest BCUT2D eigenvalue weighted by Crippen LogP contribution is 2.18. The minimum absolute atomic E-state index is 0.302. The van der Waals surface area contributed by atoms with Gasteiger partial charge in [0, 0.05) is 17.8 Å². The standard InChI is InChI=1S/C10H16F2N2OS/c1-7-8(5-13-2)16-10(14-7)3-4-15-6-9(11)12/h9,13H,3-6H2,1-2H3. The molecule has 0 aliphatic carbocycles. The van der Waals surface area contributed by atoms with E-state index in [2.05, 4.69) is 10.3 Å². The van der Waals surface area contributed by atoms with Crippen molar-refractivity contribution in [2.24, 2.45) is 0 Å². The van der Waals surface area contributed by atoms with Crippen LogP contribution >= 0.6 is 11.3 Å². The summed E-state index contributed by atoms with van der Waals surface area (Å²) in [5.74, 6) is 0. The molecule has 0 atom stereocenters. The maximum Gasteiger partial charge on any atom is 0.261 e. The molecule has 0 saturated heterocycles. The van der Waals surface area contributed by atoms with Gasteiger partial charge in [-0.25, -0.2) is 13.8 Å². The van der Waals surface area contributed by atoms with Gasteiger partial charge in [0.25, 0.3) is 6.43 Å². The predicted molar refractivity (Wildman–Crippen MR) is 60.1 cm³/mol. The van der Waals surface area contributed by atoms with Gasteiger partial charge in [0.05, 0.1) is 17.3 Å². The Bertz CT molecular complexity index is 318. The van der Waals surface area contributed by atoms with Gasteiger partial charge in [-0.3, -0.25) is 0 Å². The van der Waals surface area contributed by atoms with E-state index < -0.39 is 13.0 Å². The second kappa shape index (κ2) is 6.88. The summed E-state index contributed by atoms with van der Waals surface area (Å²) in [6.45, 7) is 2.55. The fourth-order valence-corrected chi connectivity index (χ4v) is 2.31. The topological polar surface area (TPSA) is 34.1 Å². The number of nitrogens with zero attached hydrogens (tertiary/aromatic N) is 1. The monoisotopic (exact) mass is 250 g/mol. The lowest BCUT2D eigenvalue weighted by Gasteiger charge is -2.00. The van der Waals surface area contributed by atoms with Crippen molar-refractivity contribution in [1.29, 1.82) is 0 Å². The molecule has 3 nitrogen and oxygen atoms in total. The van der Waals surface area contributed by atoms with E-state index >= 15 is 0 Å². The van der Waals surface area contributed by atoms with Crippen LogP contribution in [0.25, 0.3) is 0 Å². The number of nitrogens with one attached hydrogen (secondary N) is 1. The second-order valence-corrected chi connectivity index (χ2v) is 4.53. The van der Waals surface area contributed by atoms with Gasteiger partial charge in [-0.15, -0.1) is 11.3 Å². The van der Waals surface area contributed by atoms with Crippen molar-refractivity contribution in [3.63, 3.8) is 0 Å². The molecule has 0 amide bonds. The molecular weight excluding hydrogens is 234 g/mol. The maximum atomic E-state index is 11.8. The average molecular weight is 250 g/mol. The number of rotatable bonds is 7. The Labute approximate surface area is 97.8 Å². The van der Waals surface area contributed by atoms with Gasteiger partial charge in [0.15, 0.2) is 0 Å². The summed E-state index contributed by atoms with van der Waals surface area (Å²) in [7, 11) is 1.88. The van der Waals surface area contributed by atoms with Gasteiger partial charge in [-0.1, -0.05) is 0 Å². The lowest BCUT2D eigenvalue weighted by atomic mass is 10.4. The summed E-state index contributed by atoms with van der Waals surface area (Å²) in [5, 5.41) is 4.00. The van der Waals surface area contributed by atoms with Crippen LogP contribution < -0.4 is 5.32 Å². The van der Waals surface area contributed by atoms with Crippen LogP contribution in [0.15, 0.2) is 0 Å². The molecule has 0 aromatic carbocycles. The largest absolute Gasteiger partial charge is 0.375 e. The van der Waals surface area contributed by atoms with Gasteiger partial charge in [-0.05, 0) is 14.0 Å². The van der Waals surface area contributed by atoms with Crippen molar-refractivity contribution >= 4 is 11.3 Å². The molecule has 0 saturated carbocycles. The van der Waals surface area contributed by atoms with Crippen LogP contribution in [0.1, 0.15) is 15.6 Å². The zero-order chi connectivity index (χ0) is 12.0. The maximum absolute atomic E-state index is 11.8. The van der Waals surface area contributed by atoms with Crippen LogP contribution in [0.5, 0.6) is 0 Å². The van der Waals surface area contributed by atoms with Crippen molar-refractivity contribution < 1.29 is 13.5 Å². The predicted octanol–water partition coefficient (Wildman–Crippen LogP) is 2.00. The van der Waals surface area contributed by atoms with E-state index in [9.17, 15) is 8.78 Å². The number of aryl methyl sites for hydroxylation is 1. The smallest absolute Gasteiger partial charge is 0.261 e. The number of ether oxygens (including phenoxy) is 1. The Morgan fingerprint density at radius 1 is 1.50 bits per heavy atom. The molecule has 0 aliphatic heterocycles. The average Bonchev–Trinajstić information content (AvgIpc) is 2.55. The third-order valence-corrected chi connectivity index (χ3v) is 3.20. The minimum Gasteiger partial charge on any atom is -0.375 e. The van der Waals surface area contributed by atoms with Crippen LogP contribution in [0.4, 0.5) is 8.78 Å². The summed E-state index contributed by atoms with van der Waals surface area (Å²) in [6, 6.07) is 0. The van der Waals surface area contributed by atoms with E-state index in [1.165, 1.54) is 4.88 Å². The van der Waals surface area contributed by atoms with Crippen molar-refractivity contribution in [2.75, 3.05) is 20.3 Å². The molecule has 0 spiro atoms. The summed E-state index contributed by atoms with van der Waals surface area (Å²) in [6.07, 6.45) is -1.79. The van der Waals surface area contributed by atoms with E-state index in [4.69, 9.17) is 4.74 Å². The van der Waals surface area contributed by atoms with Crippen molar-refractivity contribution in [1.82, 2.24) is 10.3 Å². The lowest BCUT2D eigenvalue weighted by Crippen LogP contribution is -2.06. The minimum atomic E-state index is -2.39. The first-order valence-corrected chi connectivity index (χ1v) is 5.90. The highest BCUT2D eigenvalue weighted by Gasteiger charge is 2.07. The first-order valence-electron chi connectivity index (χ1n) is 5.09. The Hall–Kier alpha value is -0.590. The SMILES string of the molecule is CNCc1sc(CCOCC(F)F)nc1C. The zero-order valence-corrected chi connectivity index (χ0v) is 10.2. The van der Waals surface area contributed by atoms with Gasteiger partial charge in [0.2, 0.25) is 0 Å². The van der Waals surface area contributed by atoms with E-state index in [0.717, 1.165) is 17.2 Å². The Balaban J connectivity index is 2.34. The van der Waals surface area contributed by atoms with E-state index in [1.54, 1.807) is 11.3 Å². The molecule has 0 aliphatic rings. The summed E-state index contributed by atoms with van der Waals surface area (Å²) in [5.41, 5.74) is 1.00. The Kier molecular flexibility index (Phi) is 5.79. The molecule has 92 valence electrons. The molecular formula is C10H16F2N2OS. The van der Waals surface area contributed by atoms with E-state index in [-0.39, 0.29) is 0 Å². The molecule has 16 heavy (non-hydrogen) atoms. The second-order valence-electron chi connectivity index (χ2n) is 3.36. The Morgan fingerprint density at radius 3 is 2.88 bits per heavy atom. The van der Waals surface area contributed by atoms with Crippen LogP contribution in [-0.4, -0.2) is 31.7 Å². The number of hydrogen-bond acceptors (Lipinski definition) is 4. The molecule has 0 unspecified atom stereocenters. The van der Waals surface area contributed by atoms with Gasteiger partial charge >= 0.3 is 0 Å². The van der Waals surface area contributed by atoms with Gasteiger partial charge in [-0.2, -0.15) is 0 Å². The third kappa shape index (κ3) is 4.51. The molecule has 1 N–H and O–H groups in total. The van der Waals surface area contributed by atoms with Crippen LogP contribution in [0, 0.1) is 6.92 Å². The molecule has 0 radical (unpaired) electrons. The number of hydrogen-bond donors (Lipinski definition) is 1. The quantitative estimate of drug-likeness (QED) is 0.752. The normalized spacial score (nSPS) is 11.3. The molecule has 1 rings (SSSR count). The first-order chi connectivity index (χ1) is 7.63. The van der Waals surface area contributed by atoms with Crippen LogP contribution in [0.3, 0.4) is 0 Å². The fourth-order valence-electron chi connectivity index (χ4n) is 1.25. The first kappa shape index (κ1) is 13.5. The zero-order valence-electron chi connectivity index (χ0n) is 9.43. The molecule has 0 fully saturated rings. The molecule has 0 bridgehead atoms. The number of alkyl halides is 2. The van der Waals surface area contributed by atoms with E-state index in [1.807, 2.05) is 14.0 Å². The molecule has 6 heteroatoms. The van der Waals surface area contributed by atoms with Crippen molar-refractivity contribution in [3.05, 3.63) is 15.6 Å². The lowest BCUT2D eigenvalue weighted by molar-refractivity contribution is 0.0187. The number of halogens is 2. The third-order valence-electron chi connectivity index (χ3n) is 1.98. The summed E-state index contributed by atoms with van der Waals surface area (Å²) in [4.78, 5) is 5.54. The fraction of sp³-hybridized carbons (Fsp3) is 0.700. The number of aromatic nitrogens is 1. The Morgan fingerprint density at radius 2 is 2.25 bits per heavy atom. The summed E-state index contributed by atoms with van der Waals surface area (Å²) < 4.78 is 28.4. The van der Waals surface area contributed by atoms with Crippen LogP contribution in [-0.2, 0) is 17.7 Å². The van der Waals surface area contributed by atoms with Crippen molar-refractivity contribution in [2.45, 2.75) is 26.3 Å². The van der Waals surface area contributed by atoms with Gasteiger partial charge < -0.3 is 10.1 Å². The highest BCUT2D eigenvalue weighted by molar-refractivity contribution is 7.11. The van der Waals surface area contributed by atoms with Crippen molar-refractivity contribution in [3.8, 4) is 0 Å². The highest BCUT2D eigenvalue weighted by atomic mass is 32.1.